The molecule has 0 saturated heterocycles. The summed E-state index contributed by atoms with van der Waals surface area (Å²) >= 11 is 0. The van der Waals surface area contributed by atoms with Crippen LogP contribution in [0.1, 0.15) is 26.2 Å². The topological polar surface area (TPSA) is 80.7 Å². The summed E-state index contributed by atoms with van der Waals surface area (Å²) < 4.78 is 33.4. The Labute approximate surface area is 77.8 Å². The van der Waals surface area contributed by atoms with E-state index in [1.807, 2.05) is 6.92 Å². The van der Waals surface area contributed by atoms with Gasteiger partial charge in [0.1, 0.15) is 0 Å². The summed E-state index contributed by atoms with van der Waals surface area (Å²) in [6.07, 6.45) is 1.38. The van der Waals surface area contributed by atoms with Crippen molar-refractivity contribution >= 4 is 16.1 Å². The van der Waals surface area contributed by atoms with Crippen LogP contribution in [0.15, 0.2) is 0 Å². The summed E-state index contributed by atoms with van der Waals surface area (Å²) in [7, 11) is -4.05. The van der Waals surface area contributed by atoms with Gasteiger partial charge < -0.3 is 4.74 Å². The van der Waals surface area contributed by atoms with Gasteiger partial charge in [0.05, 0.1) is 18.8 Å². The molecule has 0 aliphatic rings. The summed E-state index contributed by atoms with van der Waals surface area (Å²) in [5.41, 5.74) is 0. The molecule has 0 fully saturated rings. The van der Waals surface area contributed by atoms with Crippen LogP contribution in [-0.2, 0) is 19.6 Å². The second-order valence-electron chi connectivity index (χ2n) is 2.61. The molecule has 0 heterocycles. The lowest BCUT2D eigenvalue weighted by molar-refractivity contribution is -0.143. The third-order valence-electron chi connectivity index (χ3n) is 1.33. The van der Waals surface area contributed by atoms with Gasteiger partial charge in [-0.05, 0) is 6.42 Å². The Morgan fingerprint density at radius 3 is 2.54 bits per heavy atom. The van der Waals surface area contributed by atoms with Gasteiger partial charge in [-0.1, -0.05) is 13.3 Å². The van der Waals surface area contributed by atoms with Crippen molar-refractivity contribution in [3.05, 3.63) is 0 Å². The smallest absolute Gasteiger partial charge is 0.306 e. The highest BCUT2D eigenvalue weighted by molar-refractivity contribution is 7.85. The van der Waals surface area contributed by atoms with E-state index in [9.17, 15) is 13.2 Å². The minimum atomic E-state index is -4.05. The van der Waals surface area contributed by atoms with Crippen molar-refractivity contribution in [2.75, 3.05) is 12.4 Å². The number of carbonyl (C=O) groups is 1. The van der Waals surface area contributed by atoms with Crippen LogP contribution in [0.4, 0.5) is 0 Å². The Morgan fingerprint density at radius 2 is 2.08 bits per heavy atom. The quantitative estimate of drug-likeness (QED) is 0.394. The summed E-state index contributed by atoms with van der Waals surface area (Å²) in [6, 6.07) is 0. The molecule has 0 saturated carbocycles. The lowest BCUT2D eigenvalue weighted by atomic mass is 10.4. The van der Waals surface area contributed by atoms with Gasteiger partial charge in [0.25, 0.3) is 10.1 Å². The molecule has 0 aromatic carbocycles. The fraction of sp³-hybridized carbons (Fsp3) is 0.857. The van der Waals surface area contributed by atoms with Crippen LogP contribution in [-0.4, -0.2) is 31.3 Å². The van der Waals surface area contributed by atoms with Crippen LogP contribution >= 0.6 is 0 Å². The van der Waals surface area contributed by atoms with E-state index in [0.29, 0.717) is 6.61 Å². The van der Waals surface area contributed by atoms with E-state index in [1.54, 1.807) is 0 Å². The van der Waals surface area contributed by atoms with E-state index in [4.69, 9.17) is 4.55 Å². The zero-order chi connectivity index (χ0) is 10.3. The van der Waals surface area contributed by atoms with E-state index in [0.717, 1.165) is 12.8 Å². The molecule has 6 heteroatoms. The van der Waals surface area contributed by atoms with E-state index < -0.39 is 21.8 Å². The van der Waals surface area contributed by atoms with Gasteiger partial charge in [0.2, 0.25) is 0 Å². The molecule has 0 spiro atoms. The molecule has 0 aliphatic carbocycles. The zero-order valence-electron chi connectivity index (χ0n) is 7.52. The first kappa shape index (κ1) is 12.4. The Morgan fingerprint density at radius 1 is 1.46 bits per heavy atom. The van der Waals surface area contributed by atoms with Crippen LogP contribution in [0.25, 0.3) is 0 Å². The zero-order valence-corrected chi connectivity index (χ0v) is 8.34. The van der Waals surface area contributed by atoms with Gasteiger partial charge in [0, 0.05) is 0 Å². The van der Waals surface area contributed by atoms with Crippen LogP contribution in [0.3, 0.4) is 0 Å². The predicted octanol–water partition coefficient (Wildman–Crippen LogP) is 0.608. The molecule has 0 aromatic heterocycles. The Hall–Kier alpha value is -0.620. The number of unbranched alkanes of at least 4 members (excludes halogenated alkanes) is 1. The summed E-state index contributed by atoms with van der Waals surface area (Å²) in [6.45, 7) is 2.26. The largest absolute Gasteiger partial charge is 0.466 e. The fourth-order valence-corrected chi connectivity index (χ4v) is 1.04. The first-order valence-electron chi connectivity index (χ1n) is 4.06. The number of carbonyl (C=O) groups excluding carboxylic acids is 1. The molecular formula is C7H14O5S. The minimum absolute atomic E-state index is 0.289. The number of hydrogen-bond donors (Lipinski definition) is 1. The van der Waals surface area contributed by atoms with Crippen molar-refractivity contribution in [1.82, 2.24) is 0 Å². The summed E-state index contributed by atoms with van der Waals surface area (Å²) in [5.74, 6) is -1.16. The molecule has 0 aromatic rings. The molecule has 0 amide bonds. The maximum Gasteiger partial charge on any atom is 0.306 e. The minimum Gasteiger partial charge on any atom is -0.466 e. The normalized spacial score (nSPS) is 11.2. The standard InChI is InChI=1S/C7H14O5S/c1-2-3-5-12-7(8)4-6-13(9,10)11/h2-6H2,1H3,(H,9,10,11). The maximum absolute atomic E-state index is 10.8. The van der Waals surface area contributed by atoms with Crippen molar-refractivity contribution in [2.24, 2.45) is 0 Å². The Balaban J connectivity index is 3.53. The molecule has 0 unspecified atom stereocenters. The number of ether oxygens (including phenoxy) is 1. The van der Waals surface area contributed by atoms with Crippen LogP contribution < -0.4 is 0 Å². The van der Waals surface area contributed by atoms with E-state index in [-0.39, 0.29) is 6.42 Å². The lowest BCUT2D eigenvalue weighted by Crippen LogP contribution is -2.12. The SMILES string of the molecule is CCCCOC(=O)CCS(=O)(=O)O. The van der Waals surface area contributed by atoms with E-state index >= 15 is 0 Å². The van der Waals surface area contributed by atoms with Gasteiger partial charge in [-0.25, -0.2) is 0 Å². The average molecular weight is 210 g/mol. The predicted molar refractivity (Wildman–Crippen MR) is 46.9 cm³/mol. The average Bonchev–Trinajstić information content (AvgIpc) is 2.00. The molecule has 78 valence electrons. The molecule has 0 bridgehead atoms. The molecule has 0 radical (unpaired) electrons. The number of esters is 1. The molecule has 0 aliphatic heterocycles. The highest BCUT2D eigenvalue weighted by Gasteiger charge is 2.09. The van der Waals surface area contributed by atoms with E-state index in [2.05, 4.69) is 4.74 Å². The van der Waals surface area contributed by atoms with Crippen molar-refractivity contribution in [1.29, 1.82) is 0 Å². The van der Waals surface area contributed by atoms with Crippen molar-refractivity contribution in [2.45, 2.75) is 26.2 Å². The van der Waals surface area contributed by atoms with Gasteiger partial charge >= 0.3 is 5.97 Å². The summed E-state index contributed by atoms with van der Waals surface area (Å²) in [5, 5.41) is 0. The highest BCUT2D eigenvalue weighted by atomic mass is 32.2. The molecule has 13 heavy (non-hydrogen) atoms. The van der Waals surface area contributed by atoms with Gasteiger partial charge in [0.15, 0.2) is 0 Å². The number of rotatable bonds is 6. The van der Waals surface area contributed by atoms with Gasteiger partial charge in [-0.3, -0.25) is 9.35 Å². The highest BCUT2D eigenvalue weighted by Crippen LogP contribution is 1.94. The number of hydrogen-bond acceptors (Lipinski definition) is 4. The summed E-state index contributed by atoms with van der Waals surface area (Å²) in [4.78, 5) is 10.8. The molecular weight excluding hydrogens is 196 g/mol. The van der Waals surface area contributed by atoms with Gasteiger partial charge in [-0.15, -0.1) is 0 Å². The van der Waals surface area contributed by atoms with E-state index in [1.165, 1.54) is 0 Å². The van der Waals surface area contributed by atoms with Crippen molar-refractivity contribution < 1.29 is 22.5 Å². The van der Waals surface area contributed by atoms with Crippen molar-refractivity contribution in [3.63, 3.8) is 0 Å². The maximum atomic E-state index is 10.8. The molecule has 0 rings (SSSR count). The van der Waals surface area contributed by atoms with Crippen molar-refractivity contribution in [3.8, 4) is 0 Å². The van der Waals surface area contributed by atoms with Gasteiger partial charge in [-0.2, -0.15) is 8.42 Å². The first-order chi connectivity index (χ1) is 5.95. The monoisotopic (exact) mass is 210 g/mol. The molecule has 0 atom stereocenters. The first-order valence-corrected chi connectivity index (χ1v) is 5.67. The molecule has 5 nitrogen and oxygen atoms in total. The molecule has 1 N–H and O–H groups in total. The lowest BCUT2D eigenvalue weighted by Gasteiger charge is -2.01. The Kier molecular flexibility index (Phi) is 5.65. The van der Waals surface area contributed by atoms with Crippen LogP contribution in [0.2, 0.25) is 0 Å². The third-order valence-corrected chi connectivity index (χ3v) is 2.05. The van der Waals surface area contributed by atoms with Crippen LogP contribution in [0.5, 0.6) is 0 Å². The second-order valence-corrected chi connectivity index (χ2v) is 4.18. The second kappa shape index (κ2) is 5.93. The van der Waals surface area contributed by atoms with Crippen LogP contribution in [0, 0.1) is 0 Å². The third kappa shape index (κ3) is 9.29. The fourth-order valence-electron chi connectivity index (χ4n) is 0.615. The Bertz CT molecular complexity index is 244.